The van der Waals surface area contributed by atoms with E-state index in [-0.39, 0.29) is 5.91 Å². The molecule has 0 saturated carbocycles. The first kappa shape index (κ1) is 17.4. The molecule has 136 valence electrons. The van der Waals surface area contributed by atoms with E-state index in [1.165, 1.54) is 0 Å². The van der Waals surface area contributed by atoms with Crippen molar-refractivity contribution >= 4 is 28.9 Å². The van der Waals surface area contributed by atoms with Crippen molar-refractivity contribution in [3.8, 4) is 5.75 Å². The highest BCUT2D eigenvalue weighted by atomic mass is 35.5. The zero-order valence-electron chi connectivity index (χ0n) is 14.9. The molecule has 5 nitrogen and oxygen atoms in total. The summed E-state index contributed by atoms with van der Waals surface area (Å²) in [5, 5.41) is 4.11. The van der Waals surface area contributed by atoms with Crippen molar-refractivity contribution in [2.45, 2.75) is 13.1 Å². The summed E-state index contributed by atoms with van der Waals surface area (Å²) in [6, 6.07) is 16.6. The van der Waals surface area contributed by atoms with Gasteiger partial charge >= 0.3 is 0 Å². The third-order valence-electron chi connectivity index (χ3n) is 4.72. The number of fused-ring (bicyclic) bond motifs is 1. The van der Waals surface area contributed by atoms with Crippen LogP contribution in [0.4, 0.5) is 11.4 Å². The maximum atomic E-state index is 13.1. The third kappa shape index (κ3) is 3.00. The molecule has 4 rings (SSSR count). The summed E-state index contributed by atoms with van der Waals surface area (Å²) in [6.45, 7) is 1.94. The number of carbonyl (C=O) groups is 1. The molecule has 1 aliphatic heterocycles. The van der Waals surface area contributed by atoms with E-state index in [2.05, 4.69) is 10.3 Å². The quantitative estimate of drug-likeness (QED) is 0.705. The number of halogens is 1. The number of carbonyl (C=O) groups excluding carboxylic acids is 1. The van der Waals surface area contributed by atoms with E-state index in [0.717, 1.165) is 22.7 Å². The van der Waals surface area contributed by atoms with Crippen LogP contribution in [0.15, 0.2) is 60.8 Å². The molecule has 0 fully saturated rings. The molecule has 1 amide bonds. The minimum atomic E-state index is -0.431. The number of amides is 1. The second-order valence-corrected chi connectivity index (χ2v) is 6.68. The van der Waals surface area contributed by atoms with Gasteiger partial charge in [-0.15, -0.1) is 0 Å². The van der Waals surface area contributed by atoms with Crippen LogP contribution in [0.1, 0.15) is 27.8 Å². The van der Waals surface area contributed by atoms with Crippen molar-refractivity contribution in [3.63, 3.8) is 0 Å². The molecule has 1 N–H and O–H groups in total. The monoisotopic (exact) mass is 379 g/mol. The largest absolute Gasteiger partial charge is 0.497 e. The molecule has 0 saturated heterocycles. The van der Waals surface area contributed by atoms with Crippen LogP contribution in [0.3, 0.4) is 0 Å². The lowest BCUT2D eigenvalue weighted by Gasteiger charge is -2.27. The molecule has 0 aliphatic carbocycles. The van der Waals surface area contributed by atoms with Gasteiger partial charge in [0, 0.05) is 22.6 Å². The summed E-state index contributed by atoms with van der Waals surface area (Å²) in [5.41, 5.74) is 3.82. The number of nitrogens with one attached hydrogen (secondary N) is 1. The summed E-state index contributed by atoms with van der Waals surface area (Å²) in [5.74, 6) is 0.636. The maximum absolute atomic E-state index is 13.1. The number of methoxy groups -OCH3 is 1. The van der Waals surface area contributed by atoms with Crippen LogP contribution < -0.4 is 15.0 Å². The molecule has 0 radical (unpaired) electrons. The van der Waals surface area contributed by atoms with Crippen LogP contribution in [-0.2, 0) is 0 Å². The summed E-state index contributed by atoms with van der Waals surface area (Å²) in [7, 11) is 1.61. The Morgan fingerprint density at radius 1 is 1.11 bits per heavy atom. The molecule has 0 unspecified atom stereocenters. The third-order valence-corrected chi connectivity index (χ3v) is 5.12. The van der Waals surface area contributed by atoms with Gasteiger partial charge in [0.2, 0.25) is 0 Å². The first-order valence-electron chi connectivity index (χ1n) is 8.54. The minimum Gasteiger partial charge on any atom is -0.497 e. The highest BCUT2D eigenvalue weighted by molar-refractivity contribution is 6.31. The number of rotatable bonds is 4. The number of pyridine rings is 1. The van der Waals surface area contributed by atoms with Crippen molar-refractivity contribution in [2.75, 3.05) is 17.3 Å². The fourth-order valence-electron chi connectivity index (χ4n) is 3.24. The van der Waals surface area contributed by atoms with Gasteiger partial charge < -0.3 is 10.1 Å². The van der Waals surface area contributed by atoms with Gasteiger partial charge in [-0.25, -0.2) is 0 Å². The molecule has 27 heavy (non-hydrogen) atoms. The summed E-state index contributed by atoms with van der Waals surface area (Å²) < 4.78 is 5.23. The van der Waals surface area contributed by atoms with Crippen LogP contribution in [0, 0.1) is 6.92 Å². The van der Waals surface area contributed by atoms with Crippen molar-refractivity contribution in [2.24, 2.45) is 0 Å². The average Bonchev–Trinajstić information content (AvgIpc) is 2.98. The van der Waals surface area contributed by atoms with E-state index >= 15 is 0 Å². The van der Waals surface area contributed by atoms with Gasteiger partial charge in [-0.05, 0) is 61.0 Å². The van der Waals surface area contributed by atoms with Crippen LogP contribution in [0.5, 0.6) is 5.75 Å². The topological polar surface area (TPSA) is 54.5 Å². The Morgan fingerprint density at radius 2 is 1.89 bits per heavy atom. The highest BCUT2D eigenvalue weighted by Crippen LogP contribution is 2.38. The number of aromatic nitrogens is 1. The number of hydrogen-bond donors (Lipinski definition) is 1. The van der Waals surface area contributed by atoms with E-state index in [1.54, 1.807) is 30.3 Å². The lowest BCUT2D eigenvalue weighted by atomic mass is 10.1. The van der Waals surface area contributed by atoms with Gasteiger partial charge in [-0.1, -0.05) is 17.7 Å². The van der Waals surface area contributed by atoms with Crippen molar-refractivity contribution in [3.05, 3.63) is 82.6 Å². The van der Waals surface area contributed by atoms with Gasteiger partial charge in [0.25, 0.3) is 5.91 Å². The normalized spacial score (nSPS) is 15.6. The second kappa shape index (κ2) is 6.93. The fraction of sp³-hybridized carbons (Fsp3) is 0.143. The molecule has 3 aromatic rings. The van der Waals surface area contributed by atoms with E-state index in [0.29, 0.717) is 16.3 Å². The average molecular weight is 380 g/mol. The molecule has 1 aromatic heterocycles. The van der Waals surface area contributed by atoms with Gasteiger partial charge in [-0.3, -0.25) is 14.7 Å². The smallest absolute Gasteiger partial charge is 0.262 e. The first-order chi connectivity index (χ1) is 13.1. The maximum Gasteiger partial charge on any atom is 0.262 e. The van der Waals surface area contributed by atoms with Gasteiger partial charge in [0.05, 0.1) is 18.4 Å². The summed E-state index contributed by atoms with van der Waals surface area (Å²) >= 11 is 6.26. The SMILES string of the molecule is COc1ccc(N2C(=O)c3cccnc3[C@@H]2Nc2cccc(Cl)c2C)cc1. The lowest BCUT2D eigenvalue weighted by Crippen LogP contribution is -2.32. The number of benzene rings is 2. The molecular formula is C21H18ClN3O2. The molecule has 1 atom stereocenters. The number of hydrogen-bond acceptors (Lipinski definition) is 4. The number of nitrogens with zero attached hydrogens (tertiary/aromatic N) is 2. The van der Waals surface area contributed by atoms with Gasteiger partial charge in [0.1, 0.15) is 5.75 Å². The van der Waals surface area contributed by atoms with Crippen molar-refractivity contribution < 1.29 is 9.53 Å². The molecular weight excluding hydrogens is 362 g/mol. The highest BCUT2D eigenvalue weighted by Gasteiger charge is 2.39. The fourth-order valence-corrected chi connectivity index (χ4v) is 3.41. The summed E-state index contributed by atoms with van der Waals surface area (Å²) in [6.07, 6.45) is 1.27. The second-order valence-electron chi connectivity index (χ2n) is 6.27. The van der Waals surface area contributed by atoms with E-state index in [9.17, 15) is 4.79 Å². The summed E-state index contributed by atoms with van der Waals surface area (Å²) in [4.78, 5) is 19.3. The molecule has 2 aromatic carbocycles. The predicted molar refractivity (Wildman–Crippen MR) is 107 cm³/mol. The van der Waals surface area contributed by atoms with Crippen molar-refractivity contribution in [1.29, 1.82) is 0 Å². The Balaban J connectivity index is 1.78. The lowest BCUT2D eigenvalue weighted by molar-refractivity contribution is 0.0993. The van der Waals surface area contributed by atoms with Gasteiger partial charge in [-0.2, -0.15) is 0 Å². The zero-order valence-corrected chi connectivity index (χ0v) is 15.7. The number of anilines is 2. The Hall–Kier alpha value is -3.05. The van der Waals surface area contributed by atoms with E-state index in [1.807, 2.05) is 49.4 Å². The standard InChI is InChI=1S/C21H18ClN3O2/c1-13-17(22)6-3-7-18(13)24-20-19-16(5-4-12-23-19)21(26)25(20)14-8-10-15(27-2)11-9-14/h3-12,20,24H,1-2H3/t20-/m1/s1. The van der Waals surface area contributed by atoms with Crippen molar-refractivity contribution in [1.82, 2.24) is 4.98 Å². The van der Waals surface area contributed by atoms with Crippen LogP contribution in [-0.4, -0.2) is 18.0 Å². The number of ether oxygens (including phenoxy) is 1. The van der Waals surface area contributed by atoms with E-state index in [4.69, 9.17) is 16.3 Å². The van der Waals surface area contributed by atoms with E-state index < -0.39 is 6.17 Å². The molecule has 0 spiro atoms. The molecule has 0 bridgehead atoms. The Bertz CT molecular complexity index is 1000. The minimum absolute atomic E-state index is 0.0968. The van der Waals surface area contributed by atoms with Crippen LogP contribution in [0.2, 0.25) is 5.02 Å². The zero-order chi connectivity index (χ0) is 19.0. The molecule has 1 aliphatic rings. The van der Waals surface area contributed by atoms with Gasteiger partial charge in [0.15, 0.2) is 6.17 Å². The van der Waals surface area contributed by atoms with Crippen LogP contribution in [0.25, 0.3) is 0 Å². The Labute approximate surface area is 162 Å². The Kier molecular flexibility index (Phi) is 4.46. The predicted octanol–water partition coefficient (Wildman–Crippen LogP) is 4.82. The van der Waals surface area contributed by atoms with Crippen LogP contribution >= 0.6 is 11.6 Å². The molecule has 2 heterocycles. The first-order valence-corrected chi connectivity index (χ1v) is 8.92. The Morgan fingerprint density at radius 3 is 2.63 bits per heavy atom. The molecule has 6 heteroatoms.